The number of hydrogen-bond acceptors (Lipinski definition) is 3. The maximum absolute atomic E-state index is 13.4. The lowest BCUT2D eigenvalue weighted by atomic mass is 10.1. The number of pyridine rings is 1. The van der Waals surface area contributed by atoms with Gasteiger partial charge < -0.3 is 10.4 Å². The standard InChI is InChI=1S/C13H13FN2O2/c14-11-4-1-3-9-7-10(8-16-12(9)11)13(18)15-5-2-6-17/h1,3-4,7-8,17H,2,5-6H2,(H,15,18). The van der Waals surface area contributed by atoms with Gasteiger partial charge in [0.25, 0.3) is 5.91 Å². The van der Waals surface area contributed by atoms with Crippen molar-refractivity contribution < 1.29 is 14.3 Å². The van der Waals surface area contributed by atoms with Crippen LogP contribution >= 0.6 is 0 Å². The van der Waals surface area contributed by atoms with E-state index in [4.69, 9.17) is 5.11 Å². The molecule has 1 heterocycles. The van der Waals surface area contributed by atoms with Crippen LogP contribution in [0.2, 0.25) is 0 Å². The first kappa shape index (κ1) is 12.4. The first-order valence-electron chi connectivity index (χ1n) is 5.65. The average Bonchev–Trinajstić information content (AvgIpc) is 2.39. The second kappa shape index (κ2) is 5.55. The van der Waals surface area contributed by atoms with Crippen LogP contribution in [0.15, 0.2) is 30.5 Å². The van der Waals surface area contributed by atoms with Crippen molar-refractivity contribution in [2.75, 3.05) is 13.2 Å². The Balaban J connectivity index is 2.22. The van der Waals surface area contributed by atoms with E-state index in [0.29, 0.717) is 23.9 Å². The number of aromatic nitrogens is 1. The monoisotopic (exact) mass is 248 g/mol. The molecule has 1 amide bonds. The van der Waals surface area contributed by atoms with Crippen molar-refractivity contribution in [2.24, 2.45) is 0 Å². The van der Waals surface area contributed by atoms with Gasteiger partial charge in [-0.2, -0.15) is 0 Å². The van der Waals surface area contributed by atoms with Crippen LogP contribution in [0.5, 0.6) is 0 Å². The summed E-state index contributed by atoms with van der Waals surface area (Å²) in [6, 6.07) is 6.21. The summed E-state index contributed by atoms with van der Waals surface area (Å²) in [5, 5.41) is 11.9. The van der Waals surface area contributed by atoms with Crippen molar-refractivity contribution in [1.29, 1.82) is 0 Å². The summed E-state index contributed by atoms with van der Waals surface area (Å²) in [5.41, 5.74) is 0.635. The van der Waals surface area contributed by atoms with Crippen LogP contribution in [0.4, 0.5) is 4.39 Å². The number of amides is 1. The highest BCUT2D eigenvalue weighted by Gasteiger charge is 2.08. The average molecular weight is 248 g/mol. The molecule has 5 heteroatoms. The maximum Gasteiger partial charge on any atom is 0.252 e. The summed E-state index contributed by atoms with van der Waals surface area (Å²) >= 11 is 0. The van der Waals surface area contributed by atoms with E-state index in [1.807, 2.05) is 0 Å². The Morgan fingerprint density at radius 1 is 1.44 bits per heavy atom. The van der Waals surface area contributed by atoms with Crippen molar-refractivity contribution in [2.45, 2.75) is 6.42 Å². The number of carbonyl (C=O) groups is 1. The van der Waals surface area contributed by atoms with E-state index in [1.54, 1.807) is 18.2 Å². The Morgan fingerprint density at radius 2 is 2.28 bits per heavy atom. The Hall–Kier alpha value is -2.01. The van der Waals surface area contributed by atoms with Crippen molar-refractivity contribution in [3.63, 3.8) is 0 Å². The lowest BCUT2D eigenvalue weighted by Crippen LogP contribution is -2.25. The minimum absolute atomic E-state index is 0.0292. The molecule has 0 bridgehead atoms. The number of aliphatic hydroxyl groups excluding tert-OH is 1. The summed E-state index contributed by atoms with van der Waals surface area (Å²) in [6.45, 7) is 0.429. The van der Waals surface area contributed by atoms with Gasteiger partial charge in [0.05, 0.1) is 5.56 Å². The SMILES string of the molecule is O=C(NCCCO)c1cnc2c(F)cccc2c1. The first-order valence-corrected chi connectivity index (χ1v) is 5.65. The number of benzene rings is 1. The van der Waals surface area contributed by atoms with Crippen LogP contribution in [-0.4, -0.2) is 29.1 Å². The molecule has 0 fully saturated rings. The molecule has 2 N–H and O–H groups in total. The minimum atomic E-state index is -0.403. The number of fused-ring (bicyclic) bond motifs is 1. The fourth-order valence-corrected chi connectivity index (χ4v) is 1.63. The third-order valence-corrected chi connectivity index (χ3v) is 2.54. The van der Waals surface area contributed by atoms with Crippen LogP contribution in [0, 0.1) is 5.82 Å². The number of carbonyl (C=O) groups excluding carboxylic acids is 1. The van der Waals surface area contributed by atoms with Crippen molar-refractivity contribution in [1.82, 2.24) is 10.3 Å². The zero-order chi connectivity index (χ0) is 13.0. The Labute approximate surface area is 103 Å². The fraction of sp³-hybridized carbons (Fsp3) is 0.231. The number of nitrogens with one attached hydrogen (secondary N) is 1. The number of hydrogen-bond donors (Lipinski definition) is 2. The van der Waals surface area contributed by atoms with E-state index in [2.05, 4.69) is 10.3 Å². The van der Waals surface area contributed by atoms with Crippen molar-refractivity contribution >= 4 is 16.8 Å². The summed E-state index contributed by atoms with van der Waals surface area (Å²) in [7, 11) is 0. The molecule has 0 aliphatic carbocycles. The molecule has 94 valence electrons. The molecule has 0 saturated carbocycles. The molecule has 0 spiro atoms. The van der Waals surface area contributed by atoms with Crippen LogP contribution in [0.3, 0.4) is 0 Å². The molecule has 18 heavy (non-hydrogen) atoms. The summed E-state index contributed by atoms with van der Waals surface area (Å²) in [6.07, 6.45) is 1.85. The molecular weight excluding hydrogens is 235 g/mol. The van der Waals surface area contributed by atoms with Crippen LogP contribution in [0.1, 0.15) is 16.8 Å². The quantitative estimate of drug-likeness (QED) is 0.806. The highest BCUT2D eigenvalue weighted by Crippen LogP contribution is 2.16. The molecule has 4 nitrogen and oxygen atoms in total. The van der Waals surface area contributed by atoms with Gasteiger partial charge in [-0.25, -0.2) is 4.39 Å². The van der Waals surface area contributed by atoms with E-state index in [1.165, 1.54) is 12.3 Å². The maximum atomic E-state index is 13.4. The topological polar surface area (TPSA) is 62.2 Å². The molecule has 0 aliphatic rings. The molecule has 0 aliphatic heterocycles. The number of aliphatic hydroxyl groups is 1. The summed E-state index contributed by atoms with van der Waals surface area (Å²) in [5.74, 6) is -0.679. The predicted molar refractivity (Wildman–Crippen MR) is 65.7 cm³/mol. The van der Waals surface area contributed by atoms with Gasteiger partial charge in [0.1, 0.15) is 11.3 Å². The molecule has 2 rings (SSSR count). The van der Waals surface area contributed by atoms with Crippen molar-refractivity contribution in [3.05, 3.63) is 41.8 Å². The highest BCUT2D eigenvalue weighted by molar-refractivity contribution is 5.97. The van der Waals surface area contributed by atoms with E-state index >= 15 is 0 Å². The number of halogens is 1. The lowest BCUT2D eigenvalue weighted by Gasteiger charge is -2.05. The second-order valence-corrected chi connectivity index (χ2v) is 3.87. The summed E-state index contributed by atoms with van der Waals surface area (Å²) in [4.78, 5) is 15.7. The third-order valence-electron chi connectivity index (χ3n) is 2.54. The number of nitrogens with zero attached hydrogens (tertiary/aromatic N) is 1. The first-order chi connectivity index (χ1) is 8.72. The van der Waals surface area contributed by atoms with Crippen LogP contribution < -0.4 is 5.32 Å². The third kappa shape index (κ3) is 2.62. The molecular formula is C13H13FN2O2. The van der Waals surface area contributed by atoms with Crippen LogP contribution in [0.25, 0.3) is 10.9 Å². The second-order valence-electron chi connectivity index (χ2n) is 3.87. The minimum Gasteiger partial charge on any atom is -0.396 e. The smallest absolute Gasteiger partial charge is 0.252 e. The van der Waals surface area contributed by atoms with Gasteiger partial charge in [0, 0.05) is 24.7 Å². The Bertz CT molecular complexity index is 572. The van der Waals surface area contributed by atoms with Gasteiger partial charge >= 0.3 is 0 Å². The van der Waals surface area contributed by atoms with E-state index in [0.717, 1.165) is 0 Å². The summed E-state index contributed by atoms with van der Waals surface area (Å²) < 4.78 is 13.4. The van der Waals surface area contributed by atoms with Gasteiger partial charge in [-0.05, 0) is 18.6 Å². The van der Waals surface area contributed by atoms with Crippen LogP contribution in [-0.2, 0) is 0 Å². The molecule has 2 aromatic rings. The van der Waals surface area contributed by atoms with Gasteiger partial charge in [-0.1, -0.05) is 12.1 Å². The molecule has 0 saturated heterocycles. The molecule has 0 atom stereocenters. The van der Waals surface area contributed by atoms with Gasteiger partial charge in [-0.15, -0.1) is 0 Å². The zero-order valence-electron chi connectivity index (χ0n) is 9.69. The predicted octanol–water partition coefficient (Wildman–Crippen LogP) is 1.49. The molecule has 0 radical (unpaired) electrons. The largest absolute Gasteiger partial charge is 0.396 e. The van der Waals surface area contributed by atoms with Gasteiger partial charge in [-0.3, -0.25) is 9.78 Å². The fourth-order valence-electron chi connectivity index (χ4n) is 1.63. The zero-order valence-corrected chi connectivity index (χ0v) is 9.69. The number of para-hydroxylation sites is 1. The Morgan fingerprint density at radius 3 is 3.06 bits per heavy atom. The van der Waals surface area contributed by atoms with E-state index < -0.39 is 5.82 Å². The van der Waals surface area contributed by atoms with Gasteiger partial charge in [0.2, 0.25) is 0 Å². The van der Waals surface area contributed by atoms with E-state index in [-0.39, 0.29) is 18.0 Å². The Kier molecular flexibility index (Phi) is 3.84. The highest BCUT2D eigenvalue weighted by atomic mass is 19.1. The molecule has 0 unspecified atom stereocenters. The van der Waals surface area contributed by atoms with Gasteiger partial charge in [0.15, 0.2) is 0 Å². The van der Waals surface area contributed by atoms with E-state index in [9.17, 15) is 9.18 Å². The molecule has 1 aromatic carbocycles. The normalized spacial score (nSPS) is 10.6. The lowest BCUT2D eigenvalue weighted by molar-refractivity contribution is 0.0951. The van der Waals surface area contributed by atoms with Crippen molar-refractivity contribution in [3.8, 4) is 0 Å². The number of rotatable bonds is 4. The molecule has 1 aromatic heterocycles.